The number of fused-ring (bicyclic) bond motifs is 2. The molecule has 0 aliphatic heterocycles. The van der Waals surface area contributed by atoms with E-state index >= 15 is 0 Å². The number of rotatable bonds is 3. The Labute approximate surface area is 130 Å². The highest BCUT2D eigenvalue weighted by Crippen LogP contribution is 2.63. The normalized spacial score (nSPS) is 33.2. The molecule has 116 valence electrons. The Kier molecular flexibility index (Phi) is 3.32. The molecule has 5 heteroatoms. The molecule has 3 atom stereocenters. The number of carbonyl (C=O) groups excluding carboxylic acids is 1. The van der Waals surface area contributed by atoms with Crippen molar-refractivity contribution in [3.63, 3.8) is 0 Å². The van der Waals surface area contributed by atoms with Crippen LogP contribution >= 0.6 is 11.3 Å². The van der Waals surface area contributed by atoms with Crippen LogP contribution in [0.5, 0.6) is 0 Å². The number of methoxy groups -OCH3 is 1. The van der Waals surface area contributed by atoms with Crippen molar-refractivity contribution in [1.29, 1.82) is 0 Å². The lowest BCUT2D eigenvalue weighted by molar-refractivity contribution is 0.0605. The third-order valence-electron chi connectivity index (χ3n) is 5.70. The summed E-state index contributed by atoms with van der Waals surface area (Å²) in [5.74, 6) is 0.498. The van der Waals surface area contributed by atoms with Crippen LogP contribution in [0.25, 0.3) is 0 Å². The standard InChI is InChI=1S/C16H24N2O2S/c1-9-11(12(19)20-5)21-14(17-9)18-13-15(2,3)10-6-7-16(13,4)8-10/h10,13H,6-8H2,1-5H3,(H,17,18). The molecule has 1 aromatic heterocycles. The Balaban J connectivity index is 1.86. The van der Waals surface area contributed by atoms with Crippen LogP contribution in [0.1, 0.15) is 55.4 Å². The maximum atomic E-state index is 11.7. The zero-order valence-corrected chi connectivity index (χ0v) is 14.3. The van der Waals surface area contributed by atoms with E-state index in [0.717, 1.165) is 16.7 Å². The first-order chi connectivity index (χ1) is 9.78. The van der Waals surface area contributed by atoms with Gasteiger partial charge in [0.25, 0.3) is 0 Å². The number of esters is 1. The van der Waals surface area contributed by atoms with E-state index in [4.69, 9.17) is 4.74 Å². The van der Waals surface area contributed by atoms with Gasteiger partial charge in [0, 0.05) is 6.04 Å². The van der Waals surface area contributed by atoms with Crippen molar-refractivity contribution >= 4 is 22.4 Å². The van der Waals surface area contributed by atoms with Crippen LogP contribution in [0.4, 0.5) is 5.13 Å². The number of nitrogens with one attached hydrogen (secondary N) is 1. The van der Waals surface area contributed by atoms with Crippen molar-refractivity contribution in [3.05, 3.63) is 10.6 Å². The van der Waals surface area contributed by atoms with Crippen LogP contribution in [0.3, 0.4) is 0 Å². The molecule has 3 rings (SSSR count). The lowest BCUT2D eigenvalue weighted by Gasteiger charge is -2.43. The molecule has 0 saturated heterocycles. The van der Waals surface area contributed by atoms with Crippen molar-refractivity contribution in [2.24, 2.45) is 16.7 Å². The highest BCUT2D eigenvalue weighted by Gasteiger charge is 2.59. The Morgan fingerprint density at radius 2 is 2.14 bits per heavy atom. The molecule has 0 amide bonds. The van der Waals surface area contributed by atoms with Crippen molar-refractivity contribution in [2.75, 3.05) is 12.4 Å². The van der Waals surface area contributed by atoms with Gasteiger partial charge in [-0.2, -0.15) is 0 Å². The molecule has 4 nitrogen and oxygen atoms in total. The van der Waals surface area contributed by atoms with Crippen LogP contribution < -0.4 is 5.32 Å². The van der Waals surface area contributed by atoms with Crippen LogP contribution in [0.2, 0.25) is 0 Å². The van der Waals surface area contributed by atoms with E-state index in [-0.39, 0.29) is 11.4 Å². The summed E-state index contributed by atoms with van der Waals surface area (Å²) in [5, 5.41) is 4.49. The van der Waals surface area contributed by atoms with Crippen molar-refractivity contribution in [2.45, 2.75) is 53.0 Å². The molecule has 0 spiro atoms. The lowest BCUT2D eigenvalue weighted by atomic mass is 9.68. The number of anilines is 1. The summed E-state index contributed by atoms with van der Waals surface area (Å²) in [6, 6.07) is 0.416. The number of hydrogen-bond acceptors (Lipinski definition) is 5. The molecule has 1 N–H and O–H groups in total. The Hall–Kier alpha value is -1.10. The quantitative estimate of drug-likeness (QED) is 0.861. The second-order valence-electron chi connectivity index (χ2n) is 7.42. The topological polar surface area (TPSA) is 51.2 Å². The van der Waals surface area contributed by atoms with E-state index in [9.17, 15) is 4.79 Å². The van der Waals surface area contributed by atoms with Gasteiger partial charge in [0.05, 0.1) is 12.8 Å². The van der Waals surface area contributed by atoms with Crippen molar-refractivity contribution < 1.29 is 9.53 Å². The number of aryl methyl sites for hydroxylation is 1. The fourth-order valence-electron chi connectivity index (χ4n) is 4.53. The monoisotopic (exact) mass is 308 g/mol. The fraction of sp³-hybridized carbons (Fsp3) is 0.750. The van der Waals surface area contributed by atoms with Gasteiger partial charge < -0.3 is 10.1 Å². The average molecular weight is 308 g/mol. The van der Waals surface area contributed by atoms with E-state index in [1.54, 1.807) is 0 Å². The summed E-state index contributed by atoms with van der Waals surface area (Å²) in [4.78, 5) is 16.9. The smallest absolute Gasteiger partial charge is 0.350 e. The molecule has 3 unspecified atom stereocenters. The SMILES string of the molecule is COC(=O)c1sc(NC2C3(C)CCC(C3)C2(C)C)nc1C. The molecule has 21 heavy (non-hydrogen) atoms. The second kappa shape index (κ2) is 4.70. The van der Waals surface area contributed by atoms with E-state index in [0.29, 0.717) is 16.3 Å². The summed E-state index contributed by atoms with van der Waals surface area (Å²) >= 11 is 1.41. The first-order valence-corrected chi connectivity index (χ1v) is 8.42. The molecule has 1 aromatic rings. The third kappa shape index (κ3) is 2.17. The zero-order valence-electron chi connectivity index (χ0n) is 13.4. The highest BCUT2D eigenvalue weighted by molar-refractivity contribution is 7.17. The van der Waals surface area contributed by atoms with Gasteiger partial charge in [-0.25, -0.2) is 9.78 Å². The van der Waals surface area contributed by atoms with Crippen LogP contribution in [0.15, 0.2) is 0 Å². The van der Waals surface area contributed by atoms with Gasteiger partial charge in [-0.1, -0.05) is 32.1 Å². The summed E-state index contributed by atoms with van der Waals surface area (Å²) < 4.78 is 4.81. The van der Waals surface area contributed by atoms with Crippen molar-refractivity contribution in [3.8, 4) is 0 Å². The largest absolute Gasteiger partial charge is 0.465 e. The minimum absolute atomic E-state index is 0.276. The first-order valence-electron chi connectivity index (χ1n) is 7.60. The molecule has 2 fully saturated rings. The van der Waals surface area contributed by atoms with Gasteiger partial charge in [-0.3, -0.25) is 0 Å². The molecular formula is C16H24N2O2S. The van der Waals surface area contributed by atoms with Gasteiger partial charge in [0.15, 0.2) is 5.13 Å². The summed E-state index contributed by atoms with van der Waals surface area (Å²) in [5.41, 5.74) is 1.37. The van der Waals surface area contributed by atoms with Crippen LogP contribution in [-0.2, 0) is 4.74 Å². The zero-order chi connectivity index (χ0) is 15.4. The number of aromatic nitrogens is 1. The van der Waals surface area contributed by atoms with Gasteiger partial charge in [0.1, 0.15) is 4.88 Å². The predicted octanol–water partition coefficient (Wildman–Crippen LogP) is 3.86. The Bertz CT molecular complexity index is 576. The molecule has 2 aliphatic rings. The average Bonchev–Trinajstić information content (AvgIpc) is 3.03. The summed E-state index contributed by atoms with van der Waals surface area (Å²) in [6.07, 6.45) is 3.92. The van der Waals surface area contributed by atoms with E-state index in [1.807, 2.05) is 6.92 Å². The lowest BCUT2D eigenvalue weighted by Crippen LogP contribution is -2.45. The van der Waals surface area contributed by atoms with Crippen LogP contribution in [0, 0.1) is 23.7 Å². The van der Waals surface area contributed by atoms with Crippen molar-refractivity contribution in [1.82, 2.24) is 4.98 Å². The first kappa shape index (κ1) is 14.8. The van der Waals surface area contributed by atoms with Gasteiger partial charge in [0.2, 0.25) is 0 Å². The molecule has 0 aromatic carbocycles. The Morgan fingerprint density at radius 3 is 2.71 bits per heavy atom. The predicted molar refractivity (Wildman–Crippen MR) is 84.8 cm³/mol. The number of nitrogens with zero attached hydrogens (tertiary/aromatic N) is 1. The minimum atomic E-state index is -0.295. The van der Waals surface area contributed by atoms with E-state index in [2.05, 4.69) is 31.1 Å². The Morgan fingerprint density at radius 1 is 1.43 bits per heavy atom. The third-order valence-corrected chi connectivity index (χ3v) is 6.77. The number of ether oxygens (including phenoxy) is 1. The van der Waals surface area contributed by atoms with Gasteiger partial charge in [-0.15, -0.1) is 0 Å². The molecule has 2 bridgehead atoms. The molecule has 2 saturated carbocycles. The summed E-state index contributed by atoms with van der Waals surface area (Å²) in [7, 11) is 1.41. The minimum Gasteiger partial charge on any atom is -0.465 e. The molecule has 1 heterocycles. The molecule has 2 aliphatic carbocycles. The van der Waals surface area contributed by atoms with E-state index in [1.165, 1.54) is 37.7 Å². The number of carbonyl (C=O) groups is 1. The highest BCUT2D eigenvalue weighted by atomic mass is 32.1. The molecule has 0 radical (unpaired) electrons. The molecular weight excluding hydrogens is 284 g/mol. The number of hydrogen-bond donors (Lipinski definition) is 1. The number of thiazole rings is 1. The summed E-state index contributed by atoms with van der Waals surface area (Å²) in [6.45, 7) is 8.98. The van der Waals surface area contributed by atoms with Crippen LogP contribution in [-0.4, -0.2) is 24.1 Å². The van der Waals surface area contributed by atoms with E-state index < -0.39 is 0 Å². The maximum absolute atomic E-state index is 11.7. The van der Waals surface area contributed by atoms with Gasteiger partial charge in [-0.05, 0) is 42.9 Å². The fourth-order valence-corrected chi connectivity index (χ4v) is 5.44. The maximum Gasteiger partial charge on any atom is 0.350 e. The van der Waals surface area contributed by atoms with Gasteiger partial charge >= 0.3 is 5.97 Å². The second-order valence-corrected chi connectivity index (χ2v) is 8.42.